The first kappa shape index (κ1) is 12.5. The quantitative estimate of drug-likeness (QED) is 0.520. The second-order valence-corrected chi connectivity index (χ2v) is 3.27. The fraction of sp³-hybridized carbons (Fsp3) is 0.0769. The van der Waals surface area contributed by atoms with Gasteiger partial charge in [0.15, 0.2) is 0 Å². The van der Waals surface area contributed by atoms with E-state index in [2.05, 4.69) is 17.2 Å². The summed E-state index contributed by atoms with van der Waals surface area (Å²) in [5, 5.41) is 9.58. The molecule has 0 saturated carbocycles. The van der Waals surface area contributed by atoms with Gasteiger partial charge in [0.05, 0.1) is 5.57 Å². The van der Waals surface area contributed by atoms with Gasteiger partial charge in [0, 0.05) is 18.7 Å². The van der Waals surface area contributed by atoms with Gasteiger partial charge >= 0.3 is 0 Å². The van der Waals surface area contributed by atoms with Crippen molar-refractivity contribution in [2.75, 3.05) is 0 Å². The summed E-state index contributed by atoms with van der Waals surface area (Å²) < 4.78 is 0. The van der Waals surface area contributed by atoms with Crippen molar-refractivity contribution >= 4 is 12.1 Å². The molecule has 0 heterocycles. The summed E-state index contributed by atoms with van der Waals surface area (Å²) in [6, 6.07) is 9.33. The van der Waals surface area contributed by atoms with E-state index in [0.717, 1.165) is 11.8 Å². The third-order valence-electron chi connectivity index (χ3n) is 1.86. The highest BCUT2D eigenvalue weighted by Gasteiger charge is 1.99. The van der Waals surface area contributed by atoms with Gasteiger partial charge in [-0.05, 0) is 12.1 Å². The maximum absolute atomic E-state index is 10.8. The van der Waals surface area contributed by atoms with Crippen LogP contribution in [0.3, 0.4) is 0 Å². The summed E-state index contributed by atoms with van der Waals surface area (Å²) in [7, 11) is 0. The van der Waals surface area contributed by atoms with Gasteiger partial charge in [-0.2, -0.15) is 0 Å². The van der Waals surface area contributed by atoms with E-state index in [-0.39, 0.29) is 17.3 Å². The number of allylic oxidation sites excluding steroid dienone is 1. The van der Waals surface area contributed by atoms with Crippen LogP contribution in [0.4, 0.5) is 0 Å². The van der Waals surface area contributed by atoms with Crippen molar-refractivity contribution in [3.8, 4) is 11.8 Å². The summed E-state index contributed by atoms with van der Waals surface area (Å²) >= 11 is 0. The van der Waals surface area contributed by atoms with Crippen LogP contribution in [0.25, 0.3) is 0 Å². The number of carbonyl (C=O) groups excluding carboxylic acids is 1. The maximum atomic E-state index is 10.8. The Morgan fingerprint density at radius 2 is 2.06 bits per heavy atom. The van der Waals surface area contributed by atoms with Crippen molar-refractivity contribution in [1.82, 2.24) is 5.32 Å². The van der Waals surface area contributed by atoms with Gasteiger partial charge in [0.1, 0.15) is 5.82 Å². The molecule has 1 amide bonds. The molecule has 0 aromatic heterocycles. The summed E-state index contributed by atoms with van der Waals surface area (Å²) in [6.45, 7) is 1.35. The molecule has 4 heteroatoms. The molecule has 17 heavy (non-hydrogen) atoms. The fourth-order valence-corrected chi connectivity index (χ4v) is 1.10. The van der Waals surface area contributed by atoms with Crippen LogP contribution in [0, 0.1) is 17.3 Å². The lowest BCUT2D eigenvalue weighted by Gasteiger charge is -2.01. The second-order valence-electron chi connectivity index (χ2n) is 3.27. The van der Waals surface area contributed by atoms with Crippen molar-refractivity contribution in [3.05, 3.63) is 47.3 Å². The summed E-state index contributed by atoms with van der Waals surface area (Å²) in [6.07, 6.45) is 1.02. The van der Waals surface area contributed by atoms with E-state index in [9.17, 15) is 4.79 Å². The predicted molar refractivity (Wildman–Crippen MR) is 67.1 cm³/mol. The Labute approximate surface area is 100 Å². The van der Waals surface area contributed by atoms with Crippen LogP contribution in [0.1, 0.15) is 12.5 Å². The molecule has 0 atom stereocenters. The number of nitrogens with one attached hydrogen (secondary N) is 2. The molecule has 86 valence electrons. The lowest BCUT2D eigenvalue weighted by Crippen LogP contribution is -2.26. The Balaban J connectivity index is 2.95. The molecule has 4 nitrogen and oxygen atoms in total. The third kappa shape index (κ3) is 4.22. The SMILES string of the molecule is CC(=O)N/C(N)=C(\C#Cc1ccccc1)C=N. The first-order chi connectivity index (χ1) is 8.13. The standard InChI is InChI=1S/C13H13N3O/c1-10(17)16-13(15)12(9-14)8-7-11-5-3-2-4-6-11/h2-6,9,14H,15H2,1H3,(H,16,17)/b13-12+,14-9?. The van der Waals surface area contributed by atoms with Crippen LogP contribution in [0.15, 0.2) is 41.7 Å². The van der Waals surface area contributed by atoms with Crippen LogP contribution in [0.5, 0.6) is 0 Å². The lowest BCUT2D eigenvalue weighted by atomic mass is 10.2. The van der Waals surface area contributed by atoms with Crippen molar-refractivity contribution in [2.45, 2.75) is 6.92 Å². The fourth-order valence-electron chi connectivity index (χ4n) is 1.10. The molecule has 0 bridgehead atoms. The monoisotopic (exact) mass is 227 g/mol. The van der Waals surface area contributed by atoms with Gasteiger partial charge in [0.2, 0.25) is 5.91 Å². The van der Waals surface area contributed by atoms with Gasteiger partial charge in [-0.25, -0.2) is 0 Å². The molecule has 0 saturated heterocycles. The molecule has 1 aromatic carbocycles. The van der Waals surface area contributed by atoms with Gasteiger partial charge in [0.25, 0.3) is 0 Å². The van der Waals surface area contributed by atoms with Gasteiger partial charge in [-0.3, -0.25) is 4.79 Å². The van der Waals surface area contributed by atoms with Crippen molar-refractivity contribution < 1.29 is 4.79 Å². The smallest absolute Gasteiger partial charge is 0.222 e. The molecule has 0 unspecified atom stereocenters. The largest absolute Gasteiger partial charge is 0.384 e. The van der Waals surface area contributed by atoms with Crippen LogP contribution in [0.2, 0.25) is 0 Å². The number of benzene rings is 1. The minimum absolute atomic E-state index is 0.0935. The third-order valence-corrected chi connectivity index (χ3v) is 1.86. The van der Waals surface area contributed by atoms with E-state index in [4.69, 9.17) is 11.1 Å². The number of nitrogens with two attached hydrogens (primary N) is 1. The highest BCUT2D eigenvalue weighted by molar-refractivity contribution is 5.85. The zero-order chi connectivity index (χ0) is 12.7. The van der Waals surface area contributed by atoms with Crippen LogP contribution >= 0.6 is 0 Å². The molecule has 1 aromatic rings. The maximum Gasteiger partial charge on any atom is 0.222 e. The topological polar surface area (TPSA) is 79.0 Å². The second kappa shape index (κ2) is 6.13. The summed E-state index contributed by atoms with van der Waals surface area (Å²) in [4.78, 5) is 10.8. The van der Waals surface area contributed by atoms with E-state index in [0.29, 0.717) is 0 Å². The zero-order valence-corrected chi connectivity index (χ0v) is 9.45. The Hall–Kier alpha value is -2.54. The highest BCUT2D eigenvalue weighted by Crippen LogP contribution is 1.97. The minimum Gasteiger partial charge on any atom is -0.384 e. The number of carbonyl (C=O) groups is 1. The normalized spacial score (nSPS) is 10.6. The summed E-state index contributed by atoms with van der Waals surface area (Å²) in [5.41, 5.74) is 6.69. The molecule has 4 N–H and O–H groups in total. The molecule has 0 fully saturated rings. The molecule has 0 aliphatic rings. The van der Waals surface area contributed by atoms with Crippen molar-refractivity contribution in [3.63, 3.8) is 0 Å². The molecule has 0 aliphatic carbocycles. The van der Waals surface area contributed by atoms with Crippen LogP contribution in [-0.4, -0.2) is 12.1 Å². The minimum atomic E-state index is -0.289. The Kier molecular flexibility index (Phi) is 4.52. The van der Waals surface area contributed by atoms with E-state index >= 15 is 0 Å². The highest BCUT2D eigenvalue weighted by atomic mass is 16.1. The van der Waals surface area contributed by atoms with Gasteiger partial charge in [-0.15, -0.1) is 0 Å². The van der Waals surface area contributed by atoms with Crippen molar-refractivity contribution in [1.29, 1.82) is 5.41 Å². The zero-order valence-electron chi connectivity index (χ0n) is 9.45. The molecule has 0 aliphatic heterocycles. The molecule has 0 radical (unpaired) electrons. The van der Waals surface area contributed by atoms with Crippen LogP contribution < -0.4 is 11.1 Å². The van der Waals surface area contributed by atoms with E-state index < -0.39 is 0 Å². The average Bonchev–Trinajstić information content (AvgIpc) is 2.30. The first-order valence-electron chi connectivity index (χ1n) is 4.98. The first-order valence-corrected chi connectivity index (χ1v) is 4.98. The molecular formula is C13H13N3O. The van der Waals surface area contributed by atoms with E-state index in [1.165, 1.54) is 6.92 Å². The number of hydrogen-bond acceptors (Lipinski definition) is 3. The van der Waals surface area contributed by atoms with Gasteiger partial charge < -0.3 is 16.5 Å². The number of amides is 1. The number of rotatable bonds is 2. The average molecular weight is 227 g/mol. The van der Waals surface area contributed by atoms with Gasteiger partial charge in [-0.1, -0.05) is 30.0 Å². The lowest BCUT2D eigenvalue weighted by molar-refractivity contribution is -0.118. The molecule has 1 rings (SSSR count). The molecular weight excluding hydrogens is 214 g/mol. The Morgan fingerprint density at radius 3 is 2.59 bits per heavy atom. The van der Waals surface area contributed by atoms with Crippen molar-refractivity contribution in [2.24, 2.45) is 5.73 Å². The van der Waals surface area contributed by atoms with E-state index in [1.807, 2.05) is 30.3 Å². The Bertz CT molecular complexity index is 506. The Morgan fingerprint density at radius 1 is 1.41 bits per heavy atom. The summed E-state index contributed by atoms with van der Waals surface area (Å²) in [5.74, 6) is 5.40. The number of hydrogen-bond donors (Lipinski definition) is 3. The van der Waals surface area contributed by atoms with Crippen LogP contribution in [-0.2, 0) is 4.79 Å². The predicted octanol–water partition coefficient (Wildman–Crippen LogP) is 0.994. The van der Waals surface area contributed by atoms with E-state index in [1.54, 1.807) is 0 Å². The molecule has 0 spiro atoms.